The maximum atomic E-state index is 5.86. The van der Waals surface area contributed by atoms with Crippen LogP contribution >= 0.6 is 0 Å². The van der Waals surface area contributed by atoms with Gasteiger partial charge in [0, 0.05) is 6.54 Å². The van der Waals surface area contributed by atoms with Crippen LogP contribution in [-0.2, 0) is 0 Å². The van der Waals surface area contributed by atoms with Gasteiger partial charge in [-0.3, -0.25) is 0 Å². The smallest absolute Gasteiger partial charge is 0.222 e. The van der Waals surface area contributed by atoms with Crippen LogP contribution in [0.15, 0.2) is 6.33 Å². The number of aromatic nitrogens is 2. The molecule has 5 nitrogen and oxygen atoms in total. The van der Waals surface area contributed by atoms with Crippen molar-refractivity contribution in [3.63, 3.8) is 0 Å². The Morgan fingerprint density at radius 1 is 1.28 bits per heavy atom. The third-order valence-corrected chi connectivity index (χ3v) is 3.00. The van der Waals surface area contributed by atoms with Crippen molar-refractivity contribution in [1.82, 2.24) is 14.9 Å². The van der Waals surface area contributed by atoms with Crippen molar-refractivity contribution in [1.29, 1.82) is 0 Å². The number of nitrogen functional groups attached to an aromatic ring is 1. The van der Waals surface area contributed by atoms with Crippen molar-refractivity contribution in [2.24, 2.45) is 0 Å². The lowest BCUT2D eigenvalue weighted by Gasteiger charge is -2.19. The zero-order valence-electron chi connectivity index (χ0n) is 11.8. The van der Waals surface area contributed by atoms with Crippen LogP contribution in [0.4, 0.5) is 5.82 Å². The van der Waals surface area contributed by atoms with Gasteiger partial charge < -0.3 is 15.4 Å². The first-order chi connectivity index (χ1) is 8.60. The molecule has 102 valence electrons. The van der Waals surface area contributed by atoms with E-state index in [9.17, 15) is 0 Å². The molecule has 2 N–H and O–H groups in total. The summed E-state index contributed by atoms with van der Waals surface area (Å²) in [6.07, 6.45) is 1.45. The van der Waals surface area contributed by atoms with Crippen LogP contribution in [0.25, 0.3) is 0 Å². The molecule has 0 atom stereocenters. The van der Waals surface area contributed by atoms with Crippen LogP contribution in [0, 0.1) is 0 Å². The summed E-state index contributed by atoms with van der Waals surface area (Å²) in [5, 5.41) is 0. The van der Waals surface area contributed by atoms with E-state index in [-0.39, 0.29) is 5.92 Å². The highest BCUT2D eigenvalue weighted by atomic mass is 16.5. The number of anilines is 1. The molecule has 0 aliphatic heterocycles. The molecular weight excluding hydrogens is 228 g/mol. The first-order valence-electron chi connectivity index (χ1n) is 6.55. The molecule has 0 aromatic carbocycles. The van der Waals surface area contributed by atoms with Gasteiger partial charge in [0.25, 0.3) is 0 Å². The predicted molar refractivity (Wildman–Crippen MR) is 73.8 cm³/mol. The summed E-state index contributed by atoms with van der Waals surface area (Å²) in [6, 6.07) is 0. The lowest BCUT2D eigenvalue weighted by Crippen LogP contribution is -2.28. The van der Waals surface area contributed by atoms with Gasteiger partial charge in [0.1, 0.15) is 18.8 Å². The molecule has 1 rings (SSSR count). The van der Waals surface area contributed by atoms with E-state index in [1.807, 2.05) is 0 Å². The average Bonchev–Trinajstić information content (AvgIpc) is 2.34. The molecule has 0 saturated carbocycles. The van der Waals surface area contributed by atoms with Gasteiger partial charge in [-0.05, 0) is 19.0 Å². The minimum absolute atomic E-state index is 0.259. The summed E-state index contributed by atoms with van der Waals surface area (Å²) < 4.78 is 5.74. The summed E-state index contributed by atoms with van der Waals surface area (Å²) in [5.74, 6) is 1.39. The summed E-state index contributed by atoms with van der Waals surface area (Å²) in [7, 11) is 0. The van der Waals surface area contributed by atoms with E-state index in [0.717, 1.165) is 25.2 Å². The Hall–Kier alpha value is -1.36. The third-order valence-electron chi connectivity index (χ3n) is 3.00. The quantitative estimate of drug-likeness (QED) is 0.803. The van der Waals surface area contributed by atoms with Gasteiger partial charge in [-0.2, -0.15) is 0 Å². The second-order valence-electron chi connectivity index (χ2n) is 4.51. The van der Waals surface area contributed by atoms with Crippen LogP contribution < -0.4 is 10.5 Å². The highest BCUT2D eigenvalue weighted by Gasteiger charge is 2.14. The van der Waals surface area contributed by atoms with E-state index in [4.69, 9.17) is 10.5 Å². The van der Waals surface area contributed by atoms with E-state index >= 15 is 0 Å². The number of nitrogens with two attached hydrogens (primary N) is 1. The minimum Gasteiger partial charge on any atom is -0.476 e. The molecule has 0 aliphatic rings. The monoisotopic (exact) mass is 252 g/mol. The van der Waals surface area contributed by atoms with Crippen molar-refractivity contribution in [2.45, 2.75) is 33.6 Å². The van der Waals surface area contributed by atoms with Crippen LogP contribution in [-0.4, -0.2) is 41.1 Å². The van der Waals surface area contributed by atoms with Gasteiger partial charge in [0.15, 0.2) is 0 Å². The third kappa shape index (κ3) is 3.84. The maximum absolute atomic E-state index is 5.86. The van der Waals surface area contributed by atoms with Gasteiger partial charge in [-0.15, -0.1) is 0 Å². The van der Waals surface area contributed by atoms with Crippen LogP contribution in [0.1, 0.15) is 39.2 Å². The number of likely N-dealkylation sites (N-methyl/N-ethyl adjacent to an activating group) is 1. The van der Waals surface area contributed by atoms with E-state index in [1.165, 1.54) is 6.33 Å². The topological polar surface area (TPSA) is 64.3 Å². The molecule has 0 bridgehead atoms. The SMILES string of the molecule is CCN(CC)CCOc1ncnc(N)c1C(C)C. The van der Waals surface area contributed by atoms with Crippen molar-refractivity contribution in [3.8, 4) is 5.88 Å². The molecule has 1 aromatic heterocycles. The highest BCUT2D eigenvalue weighted by molar-refractivity contribution is 5.46. The molecule has 0 fully saturated rings. The summed E-state index contributed by atoms with van der Waals surface area (Å²) >= 11 is 0. The fraction of sp³-hybridized carbons (Fsp3) is 0.692. The molecule has 0 radical (unpaired) electrons. The Bertz CT molecular complexity index is 364. The number of nitrogens with zero attached hydrogens (tertiary/aromatic N) is 3. The van der Waals surface area contributed by atoms with Crippen molar-refractivity contribution < 1.29 is 4.74 Å². The van der Waals surface area contributed by atoms with E-state index < -0.39 is 0 Å². The van der Waals surface area contributed by atoms with E-state index in [2.05, 4.69) is 42.6 Å². The Morgan fingerprint density at radius 2 is 1.94 bits per heavy atom. The fourth-order valence-electron chi connectivity index (χ4n) is 1.86. The fourth-order valence-corrected chi connectivity index (χ4v) is 1.86. The zero-order valence-corrected chi connectivity index (χ0v) is 11.8. The largest absolute Gasteiger partial charge is 0.476 e. The van der Waals surface area contributed by atoms with Crippen LogP contribution in [0.2, 0.25) is 0 Å². The molecule has 0 spiro atoms. The lowest BCUT2D eigenvalue weighted by atomic mass is 10.1. The van der Waals surface area contributed by atoms with Crippen molar-refractivity contribution >= 4 is 5.82 Å². The van der Waals surface area contributed by atoms with Crippen LogP contribution in [0.5, 0.6) is 5.88 Å². The molecular formula is C13H24N4O. The molecule has 0 unspecified atom stereocenters. The van der Waals surface area contributed by atoms with Gasteiger partial charge in [0.2, 0.25) is 5.88 Å². The number of rotatable bonds is 7. The first kappa shape index (κ1) is 14.7. The number of hydrogen-bond acceptors (Lipinski definition) is 5. The molecule has 1 heterocycles. The molecule has 0 amide bonds. The van der Waals surface area contributed by atoms with Gasteiger partial charge in [-0.25, -0.2) is 9.97 Å². The molecule has 5 heteroatoms. The zero-order chi connectivity index (χ0) is 13.5. The summed E-state index contributed by atoms with van der Waals surface area (Å²) in [4.78, 5) is 10.5. The predicted octanol–water partition coefficient (Wildman–Crippen LogP) is 1.90. The molecule has 1 aromatic rings. The van der Waals surface area contributed by atoms with Crippen molar-refractivity contribution in [2.75, 3.05) is 32.0 Å². The molecule has 18 heavy (non-hydrogen) atoms. The average molecular weight is 252 g/mol. The van der Waals surface area contributed by atoms with Gasteiger partial charge in [0.05, 0.1) is 5.56 Å². The van der Waals surface area contributed by atoms with Crippen LogP contribution in [0.3, 0.4) is 0 Å². The Kier molecular flexibility index (Phi) is 5.85. The van der Waals surface area contributed by atoms with E-state index in [0.29, 0.717) is 18.3 Å². The maximum Gasteiger partial charge on any atom is 0.222 e. The van der Waals surface area contributed by atoms with E-state index in [1.54, 1.807) is 0 Å². The minimum atomic E-state index is 0.259. The lowest BCUT2D eigenvalue weighted by molar-refractivity contribution is 0.216. The molecule has 0 saturated heterocycles. The Morgan fingerprint density at radius 3 is 2.50 bits per heavy atom. The summed E-state index contributed by atoms with van der Waals surface area (Å²) in [6.45, 7) is 12.0. The summed E-state index contributed by atoms with van der Waals surface area (Å²) in [5.41, 5.74) is 6.76. The number of ether oxygens (including phenoxy) is 1. The Balaban J connectivity index is 2.64. The second-order valence-corrected chi connectivity index (χ2v) is 4.51. The highest BCUT2D eigenvalue weighted by Crippen LogP contribution is 2.27. The Labute approximate surface area is 109 Å². The van der Waals surface area contributed by atoms with Gasteiger partial charge in [-0.1, -0.05) is 27.7 Å². The normalized spacial score (nSPS) is 11.2. The standard InChI is InChI=1S/C13H24N4O/c1-5-17(6-2)7-8-18-13-11(10(3)4)12(14)15-9-16-13/h9-10H,5-8H2,1-4H3,(H2,14,15,16). The first-order valence-corrected chi connectivity index (χ1v) is 6.55. The second kappa shape index (κ2) is 7.16. The molecule has 0 aliphatic carbocycles. The van der Waals surface area contributed by atoms with Gasteiger partial charge >= 0.3 is 0 Å². The van der Waals surface area contributed by atoms with Crippen molar-refractivity contribution in [3.05, 3.63) is 11.9 Å². The number of hydrogen-bond donors (Lipinski definition) is 1.